The predicted molar refractivity (Wildman–Crippen MR) is 72.4 cm³/mol. The Labute approximate surface area is 126 Å². The number of rotatable bonds is 4. The molecule has 0 aliphatic carbocycles. The molecular weight excluding hydrogens is 350 g/mol. The van der Waals surface area contributed by atoms with Crippen molar-refractivity contribution < 1.29 is 18.7 Å². The fourth-order valence-corrected chi connectivity index (χ4v) is 2.22. The van der Waals surface area contributed by atoms with Crippen LogP contribution in [0.5, 0.6) is 0 Å². The Kier molecular flexibility index (Phi) is 4.04. The van der Waals surface area contributed by atoms with Gasteiger partial charge in [-0.25, -0.2) is 18.3 Å². The average Bonchev–Trinajstić information content (AvgIpc) is 2.85. The lowest BCUT2D eigenvalue weighted by molar-refractivity contribution is -0.147. The third-order valence-corrected chi connectivity index (χ3v) is 3.77. The zero-order valence-corrected chi connectivity index (χ0v) is 12.7. The van der Waals surface area contributed by atoms with E-state index in [2.05, 4.69) is 31.5 Å². The number of carbonyl (C=O) groups is 1. The van der Waals surface area contributed by atoms with E-state index in [0.717, 1.165) is 16.8 Å². The number of nitrogens with zero attached hydrogens (tertiary/aromatic N) is 4. The molecule has 21 heavy (non-hydrogen) atoms. The van der Waals surface area contributed by atoms with E-state index in [4.69, 9.17) is 0 Å². The SMILES string of the molecule is CCC(C)(C(=O)O)n1nnnc1-c1c(F)cc(Br)cc1F. The van der Waals surface area contributed by atoms with Gasteiger partial charge in [-0.05, 0) is 35.9 Å². The highest BCUT2D eigenvalue weighted by atomic mass is 79.9. The molecule has 1 heterocycles. The van der Waals surface area contributed by atoms with Crippen molar-refractivity contribution in [2.24, 2.45) is 0 Å². The Morgan fingerprint density at radius 2 is 2.00 bits per heavy atom. The molecule has 9 heteroatoms. The van der Waals surface area contributed by atoms with Crippen molar-refractivity contribution in [3.05, 3.63) is 28.2 Å². The second-order valence-electron chi connectivity index (χ2n) is 4.59. The highest BCUT2D eigenvalue weighted by Gasteiger charge is 2.38. The van der Waals surface area contributed by atoms with Crippen molar-refractivity contribution in [1.82, 2.24) is 20.2 Å². The number of halogens is 3. The molecule has 1 N–H and O–H groups in total. The largest absolute Gasteiger partial charge is 0.479 e. The van der Waals surface area contributed by atoms with E-state index in [1.165, 1.54) is 6.92 Å². The van der Waals surface area contributed by atoms with Gasteiger partial charge >= 0.3 is 5.97 Å². The zero-order valence-electron chi connectivity index (χ0n) is 11.1. The minimum absolute atomic E-state index is 0.139. The number of carboxylic acid groups (broad SMARTS) is 1. The van der Waals surface area contributed by atoms with Gasteiger partial charge in [-0.1, -0.05) is 22.9 Å². The van der Waals surface area contributed by atoms with Crippen LogP contribution in [0.1, 0.15) is 20.3 Å². The van der Waals surface area contributed by atoms with Crippen LogP contribution >= 0.6 is 15.9 Å². The lowest BCUT2D eigenvalue weighted by Gasteiger charge is -2.24. The molecule has 0 fully saturated rings. The lowest BCUT2D eigenvalue weighted by atomic mass is 9.99. The molecule has 1 aromatic carbocycles. The fourth-order valence-electron chi connectivity index (χ4n) is 1.82. The van der Waals surface area contributed by atoms with Gasteiger partial charge in [0.1, 0.15) is 11.6 Å². The molecule has 0 bridgehead atoms. The van der Waals surface area contributed by atoms with Crippen molar-refractivity contribution >= 4 is 21.9 Å². The number of tetrazole rings is 1. The Morgan fingerprint density at radius 3 is 2.48 bits per heavy atom. The third kappa shape index (κ3) is 2.53. The maximum Gasteiger partial charge on any atom is 0.331 e. The molecule has 0 aliphatic rings. The highest BCUT2D eigenvalue weighted by molar-refractivity contribution is 9.10. The van der Waals surface area contributed by atoms with E-state index in [1.54, 1.807) is 6.92 Å². The Hall–Kier alpha value is -1.90. The second-order valence-corrected chi connectivity index (χ2v) is 5.51. The summed E-state index contributed by atoms with van der Waals surface area (Å²) < 4.78 is 29.2. The number of benzene rings is 1. The summed E-state index contributed by atoms with van der Waals surface area (Å²) in [6.45, 7) is 3.00. The molecule has 1 unspecified atom stereocenters. The van der Waals surface area contributed by atoms with Gasteiger partial charge in [0.15, 0.2) is 11.4 Å². The van der Waals surface area contributed by atoms with Gasteiger partial charge in [0, 0.05) is 4.47 Å². The van der Waals surface area contributed by atoms with E-state index in [1.807, 2.05) is 0 Å². The molecule has 1 atom stereocenters. The van der Waals surface area contributed by atoms with Gasteiger partial charge in [-0.15, -0.1) is 5.10 Å². The van der Waals surface area contributed by atoms with Crippen LogP contribution in [0.2, 0.25) is 0 Å². The molecule has 2 rings (SSSR count). The van der Waals surface area contributed by atoms with Gasteiger partial charge < -0.3 is 5.11 Å². The molecule has 2 aromatic rings. The summed E-state index contributed by atoms with van der Waals surface area (Å²) in [6.07, 6.45) is 0.139. The zero-order chi connectivity index (χ0) is 15.8. The number of hydrogen-bond donors (Lipinski definition) is 1. The molecule has 1 aromatic heterocycles. The Bertz CT molecular complexity index is 683. The average molecular weight is 361 g/mol. The number of aliphatic carboxylic acids is 1. The molecule has 0 amide bonds. The lowest BCUT2D eigenvalue weighted by Crippen LogP contribution is -2.39. The normalized spacial score (nSPS) is 14.0. The quantitative estimate of drug-likeness (QED) is 0.906. The number of hydrogen-bond acceptors (Lipinski definition) is 4. The molecule has 0 spiro atoms. The maximum absolute atomic E-state index is 14.0. The van der Waals surface area contributed by atoms with E-state index in [-0.39, 0.29) is 16.7 Å². The summed E-state index contributed by atoms with van der Waals surface area (Å²) >= 11 is 2.97. The van der Waals surface area contributed by atoms with Crippen LogP contribution in [-0.2, 0) is 10.3 Å². The van der Waals surface area contributed by atoms with Gasteiger partial charge in [0.2, 0.25) is 0 Å². The first kappa shape index (κ1) is 15.5. The van der Waals surface area contributed by atoms with Crippen LogP contribution in [0.25, 0.3) is 11.4 Å². The highest BCUT2D eigenvalue weighted by Crippen LogP contribution is 2.31. The second kappa shape index (κ2) is 5.47. The van der Waals surface area contributed by atoms with Crippen LogP contribution in [0, 0.1) is 11.6 Å². The first-order valence-corrected chi connectivity index (χ1v) is 6.77. The van der Waals surface area contributed by atoms with Crippen LogP contribution in [0.3, 0.4) is 0 Å². The molecule has 0 saturated carbocycles. The third-order valence-electron chi connectivity index (χ3n) is 3.32. The predicted octanol–water partition coefficient (Wildman–Crippen LogP) is 2.59. The Balaban J connectivity index is 2.70. The van der Waals surface area contributed by atoms with E-state index in [9.17, 15) is 18.7 Å². The standard InChI is InChI=1S/C12H11BrF2N4O2/c1-3-12(2,11(20)21)19-10(16-17-18-19)9-7(14)4-6(13)5-8(9)15/h4-5H,3H2,1-2H3,(H,20,21). The first-order valence-electron chi connectivity index (χ1n) is 5.98. The van der Waals surface area contributed by atoms with Crippen LogP contribution < -0.4 is 0 Å². The van der Waals surface area contributed by atoms with Crippen molar-refractivity contribution in [1.29, 1.82) is 0 Å². The molecule has 0 radical (unpaired) electrons. The minimum atomic E-state index is -1.51. The summed E-state index contributed by atoms with van der Waals surface area (Å²) in [4.78, 5) is 11.4. The molecular formula is C12H11BrF2N4O2. The number of carboxylic acids is 1. The van der Waals surface area contributed by atoms with Gasteiger partial charge in [0.05, 0.1) is 5.56 Å². The maximum atomic E-state index is 14.0. The van der Waals surface area contributed by atoms with Crippen molar-refractivity contribution in [3.8, 4) is 11.4 Å². The summed E-state index contributed by atoms with van der Waals surface area (Å²) in [5, 5.41) is 19.9. The van der Waals surface area contributed by atoms with Crippen molar-refractivity contribution in [2.75, 3.05) is 0 Å². The minimum Gasteiger partial charge on any atom is -0.479 e. The molecule has 0 aliphatic heterocycles. The van der Waals surface area contributed by atoms with Crippen LogP contribution in [0.4, 0.5) is 8.78 Å². The van der Waals surface area contributed by atoms with Crippen molar-refractivity contribution in [3.63, 3.8) is 0 Å². The first-order chi connectivity index (χ1) is 9.81. The monoisotopic (exact) mass is 360 g/mol. The van der Waals surface area contributed by atoms with E-state index in [0.29, 0.717) is 0 Å². The smallest absolute Gasteiger partial charge is 0.331 e. The van der Waals surface area contributed by atoms with Crippen molar-refractivity contribution in [2.45, 2.75) is 25.8 Å². The van der Waals surface area contributed by atoms with E-state index >= 15 is 0 Å². The van der Waals surface area contributed by atoms with Gasteiger partial charge in [-0.2, -0.15) is 0 Å². The summed E-state index contributed by atoms with van der Waals surface area (Å²) in [5.41, 5.74) is -1.98. The van der Waals surface area contributed by atoms with Crippen LogP contribution in [-0.4, -0.2) is 31.3 Å². The number of aromatic nitrogens is 4. The van der Waals surface area contributed by atoms with Crippen LogP contribution in [0.15, 0.2) is 16.6 Å². The summed E-state index contributed by atoms with van der Waals surface area (Å²) in [6, 6.07) is 2.11. The fraction of sp³-hybridized carbons (Fsp3) is 0.333. The van der Waals surface area contributed by atoms with E-state index < -0.39 is 28.7 Å². The summed E-state index contributed by atoms with van der Waals surface area (Å²) in [5.74, 6) is -3.25. The van der Waals surface area contributed by atoms with Gasteiger partial charge in [0.25, 0.3) is 0 Å². The topological polar surface area (TPSA) is 80.9 Å². The van der Waals surface area contributed by atoms with Gasteiger partial charge in [-0.3, -0.25) is 0 Å². The molecule has 112 valence electrons. The molecule has 0 saturated heterocycles. The Morgan fingerprint density at radius 1 is 1.43 bits per heavy atom. The summed E-state index contributed by atoms with van der Waals surface area (Å²) in [7, 11) is 0. The molecule has 6 nitrogen and oxygen atoms in total.